The van der Waals surface area contributed by atoms with Gasteiger partial charge in [0.25, 0.3) is 5.91 Å². The number of nitrogens with zero attached hydrogens (tertiary/aromatic N) is 6. The van der Waals surface area contributed by atoms with Crippen LogP contribution in [0.2, 0.25) is 5.02 Å². The van der Waals surface area contributed by atoms with Crippen molar-refractivity contribution in [1.29, 1.82) is 0 Å². The molecule has 10 nitrogen and oxygen atoms in total. The normalized spacial score (nSPS) is 18.2. The van der Waals surface area contributed by atoms with E-state index in [0.717, 1.165) is 60.8 Å². The number of aromatic nitrogens is 3. The number of halogens is 1. The summed E-state index contributed by atoms with van der Waals surface area (Å²) in [6.07, 6.45) is 5.23. The van der Waals surface area contributed by atoms with Gasteiger partial charge >= 0.3 is 6.09 Å². The maximum absolute atomic E-state index is 13.9. The van der Waals surface area contributed by atoms with Crippen LogP contribution in [0.15, 0.2) is 30.3 Å². The van der Waals surface area contributed by atoms with Crippen molar-refractivity contribution in [3.63, 3.8) is 0 Å². The van der Waals surface area contributed by atoms with Gasteiger partial charge in [0.05, 0.1) is 23.0 Å². The Morgan fingerprint density at radius 1 is 1.05 bits per heavy atom. The van der Waals surface area contributed by atoms with E-state index in [1.54, 1.807) is 17.0 Å². The monoisotopic (exact) mass is 613 g/mol. The van der Waals surface area contributed by atoms with Crippen molar-refractivity contribution in [3.05, 3.63) is 52.3 Å². The average Bonchev–Trinajstić information content (AvgIpc) is 3.20. The van der Waals surface area contributed by atoms with Gasteiger partial charge in [0.1, 0.15) is 11.4 Å². The van der Waals surface area contributed by atoms with Crippen molar-refractivity contribution in [2.75, 3.05) is 48.6 Å². The second-order valence-corrected chi connectivity index (χ2v) is 13.0. The number of likely N-dealkylation sites (tertiary alicyclic amines) is 1. The lowest BCUT2D eigenvalue weighted by molar-refractivity contribution is 0.0263. The van der Waals surface area contributed by atoms with E-state index in [0.29, 0.717) is 36.8 Å². The Balaban J connectivity index is 1.43. The van der Waals surface area contributed by atoms with Gasteiger partial charge in [-0.25, -0.2) is 9.78 Å². The van der Waals surface area contributed by atoms with Crippen molar-refractivity contribution in [1.82, 2.24) is 24.4 Å². The lowest BCUT2D eigenvalue weighted by atomic mass is 9.98. The molecule has 0 aliphatic carbocycles. The van der Waals surface area contributed by atoms with E-state index in [-0.39, 0.29) is 18.0 Å². The fourth-order valence-corrected chi connectivity index (χ4v) is 6.24. The molecule has 2 aliphatic heterocycles. The molecule has 0 spiro atoms. The number of aryl methyl sites for hydroxylation is 1. The summed E-state index contributed by atoms with van der Waals surface area (Å²) in [5.41, 5.74) is 3.24. The lowest BCUT2D eigenvalue weighted by Gasteiger charge is -2.35. The Labute approximate surface area is 256 Å². The molecule has 4 heterocycles. The summed E-state index contributed by atoms with van der Waals surface area (Å²) in [6, 6.07) is 9.26. The highest BCUT2D eigenvalue weighted by molar-refractivity contribution is 7.99. The summed E-state index contributed by atoms with van der Waals surface area (Å²) in [4.78, 5) is 37.4. The SMILES string of the molecule is CSNc1ccc(Cl)cc1C(=O)N1CCCCC1c1cc2nc(C)cc(N3CCCN(C(=O)OC(C)(C)C)CC3)n2n1. The van der Waals surface area contributed by atoms with Gasteiger partial charge in [0.15, 0.2) is 5.65 Å². The Bertz CT molecular complexity index is 1460. The summed E-state index contributed by atoms with van der Waals surface area (Å²) in [7, 11) is 0. The second-order valence-electron chi connectivity index (χ2n) is 11.9. The van der Waals surface area contributed by atoms with Crippen LogP contribution in [0.4, 0.5) is 16.3 Å². The Hall–Kier alpha value is -3.18. The highest BCUT2D eigenvalue weighted by Crippen LogP contribution is 2.35. The van der Waals surface area contributed by atoms with Gasteiger partial charge in [-0.15, -0.1) is 0 Å². The molecule has 0 saturated carbocycles. The van der Waals surface area contributed by atoms with Gasteiger partial charge in [-0.2, -0.15) is 9.61 Å². The van der Waals surface area contributed by atoms with Gasteiger partial charge in [-0.3, -0.25) is 4.79 Å². The van der Waals surface area contributed by atoms with Gasteiger partial charge < -0.3 is 24.2 Å². The maximum Gasteiger partial charge on any atom is 0.410 e. The van der Waals surface area contributed by atoms with Gasteiger partial charge in [-0.1, -0.05) is 23.5 Å². The number of benzene rings is 1. The molecule has 2 saturated heterocycles. The topological polar surface area (TPSA) is 95.3 Å². The van der Waals surface area contributed by atoms with Crippen LogP contribution in [0.5, 0.6) is 0 Å². The van der Waals surface area contributed by atoms with Gasteiger partial charge in [0.2, 0.25) is 0 Å². The molecule has 0 radical (unpaired) electrons. The van der Waals surface area contributed by atoms with Crippen LogP contribution in [-0.4, -0.2) is 81.0 Å². The number of ether oxygens (including phenoxy) is 1. The predicted molar refractivity (Wildman–Crippen MR) is 169 cm³/mol. The van der Waals surface area contributed by atoms with E-state index in [1.165, 1.54) is 11.9 Å². The average molecular weight is 614 g/mol. The molecule has 42 heavy (non-hydrogen) atoms. The summed E-state index contributed by atoms with van der Waals surface area (Å²) in [5, 5.41) is 5.58. The maximum atomic E-state index is 13.9. The number of amides is 2. The van der Waals surface area contributed by atoms with E-state index < -0.39 is 5.60 Å². The van der Waals surface area contributed by atoms with E-state index >= 15 is 0 Å². The molecule has 226 valence electrons. The van der Waals surface area contributed by atoms with Crippen LogP contribution < -0.4 is 9.62 Å². The van der Waals surface area contributed by atoms with Gasteiger partial charge in [0, 0.05) is 61.8 Å². The molecule has 12 heteroatoms. The first-order valence-electron chi connectivity index (χ1n) is 14.5. The molecule has 2 aliphatic rings. The van der Waals surface area contributed by atoms with Crippen molar-refractivity contribution < 1.29 is 14.3 Å². The first-order valence-corrected chi connectivity index (χ1v) is 16.1. The van der Waals surface area contributed by atoms with Crippen molar-refractivity contribution in [2.45, 2.75) is 65.0 Å². The fourth-order valence-electron chi connectivity index (χ4n) is 5.67. The zero-order valence-corrected chi connectivity index (χ0v) is 26.6. The first-order chi connectivity index (χ1) is 20.0. The molecular weight excluding hydrogens is 574 g/mol. The van der Waals surface area contributed by atoms with E-state index in [9.17, 15) is 9.59 Å². The van der Waals surface area contributed by atoms with E-state index in [2.05, 4.69) is 9.62 Å². The van der Waals surface area contributed by atoms with Crippen molar-refractivity contribution >= 4 is 52.7 Å². The minimum Gasteiger partial charge on any atom is -0.444 e. The minimum atomic E-state index is -0.531. The first kappa shape index (κ1) is 30.3. The van der Waals surface area contributed by atoms with Crippen LogP contribution in [-0.2, 0) is 4.74 Å². The van der Waals surface area contributed by atoms with Crippen LogP contribution in [0.3, 0.4) is 0 Å². The molecule has 2 fully saturated rings. The van der Waals surface area contributed by atoms with Crippen LogP contribution in [0.25, 0.3) is 5.65 Å². The molecule has 0 bridgehead atoms. The third kappa shape index (κ3) is 6.72. The molecule has 1 aromatic carbocycles. The van der Waals surface area contributed by atoms with Gasteiger partial charge in [-0.05, 0) is 71.6 Å². The smallest absolute Gasteiger partial charge is 0.410 e. The third-order valence-electron chi connectivity index (χ3n) is 7.56. The zero-order chi connectivity index (χ0) is 30.0. The number of piperidine rings is 1. The number of hydrogen-bond donors (Lipinski definition) is 1. The van der Waals surface area contributed by atoms with Crippen molar-refractivity contribution in [3.8, 4) is 0 Å². The number of carbonyl (C=O) groups excluding carboxylic acids is 2. The van der Waals surface area contributed by atoms with Crippen molar-refractivity contribution in [2.24, 2.45) is 0 Å². The Morgan fingerprint density at radius 2 is 1.86 bits per heavy atom. The molecule has 1 N–H and O–H groups in total. The fraction of sp³-hybridized carbons (Fsp3) is 0.533. The largest absolute Gasteiger partial charge is 0.444 e. The zero-order valence-electron chi connectivity index (χ0n) is 25.0. The third-order valence-corrected chi connectivity index (χ3v) is 8.22. The molecule has 1 unspecified atom stereocenters. The molecule has 2 amide bonds. The highest BCUT2D eigenvalue weighted by atomic mass is 35.5. The second kappa shape index (κ2) is 12.6. The summed E-state index contributed by atoms with van der Waals surface area (Å²) >= 11 is 7.76. The molecule has 2 aromatic heterocycles. The Morgan fingerprint density at radius 3 is 2.62 bits per heavy atom. The molecular formula is C30H40ClN7O3S. The number of rotatable bonds is 5. The summed E-state index contributed by atoms with van der Waals surface area (Å²) in [6.45, 7) is 10.9. The summed E-state index contributed by atoms with van der Waals surface area (Å²) in [5.74, 6) is 0.875. The minimum absolute atomic E-state index is 0.0603. The van der Waals surface area contributed by atoms with Crippen LogP contribution >= 0.6 is 23.5 Å². The standard InChI is InChI=1S/C30H40ClN7O3S/c1-20-17-27(35-12-8-13-36(16-15-35)29(40)41-30(2,3)4)38-26(32-20)19-24(33-38)25-9-6-7-14-37(25)28(39)22-18-21(31)10-11-23(22)34-42-5/h10-11,17-19,25,34H,6-9,12-16H2,1-5H3. The molecule has 3 aromatic rings. The number of fused-ring (bicyclic) bond motifs is 1. The summed E-state index contributed by atoms with van der Waals surface area (Å²) < 4.78 is 10.7. The van der Waals surface area contributed by atoms with E-state index in [4.69, 9.17) is 26.4 Å². The number of carbonyl (C=O) groups is 2. The predicted octanol–water partition coefficient (Wildman–Crippen LogP) is 6.20. The molecule has 5 rings (SSSR count). The quantitative estimate of drug-likeness (QED) is 0.340. The Kier molecular flexibility index (Phi) is 9.08. The van der Waals surface area contributed by atoms with Crippen LogP contribution in [0, 0.1) is 6.92 Å². The van der Waals surface area contributed by atoms with E-state index in [1.807, 2.05) is 61.6 Å². The highest BCUT2D eigenvalue weighted by Gasteiger charge is 2.33. The molecule has 1 atom stereocenters. The number of nitrogens with one attached hydrogen (secondary N) is 1. The number of anilines is 2. The number of hydrogen-bond acceptors (Lipinski definition) is 8. The lowest BCUT2D eigenvalue weighted by Crippen LogP contribution is -2.39. The van der Waals surface area contributed by atoms with Crippen LogP contribution in [0.1, 0.15) is 74.2 Å².